The summed E-state index contributed by atoms with van der Waals surface area (Å²) in [5.41, 5.74) is 16.9. The van der Waals surface area contributed by atoms with Gasteiger partial charge in [0.2, 0.25) is 0 Å². The molecular weight excluding hydrogens is 767 g/mol. The summed E-state index contributed by atoms with van der Waals surface area (Å²) in [5, 5.41) is 6.12. The molecule has 0 bridgehead atoms. The first-order chi connectivity index (χ1) is 30.9. The number of aromatic nitrogens is 1. The average Bonchev–Trinajstić information content (AvgIpc) is 3.76. The Balaban J connectivity index is 0.985. The Bertz CT molecular complexity index is 3030. The van der Waals surface area contributed by atoms with Gasteiger partial charge in [-0.05, 0) is 143 Å². The van der Waals surface area contributed by atoms with Crippen molar-refractivity contribution in [2.45, 2.75) is 39.0 Å². The fraction of sp³-hybridized carbons (Fsp3) is 0.155. The molecule has 0 saturated heterocycles. The standard InChI is InChI=1S/C58H53N5/c1-5-15-41(6-2)42-23-26-46(27-24-42)62(48-32-33-51-50-19-10-12-21-54(50)58(3,4)55(51)39-48)47-30-28-44(29-31-47)61-37-36-59-35-14-18-49(61)40-60-43-25-34-57-53(38-43)52-20-11-13-22-56(52)63(57)45-16-8-7-9-17-45/h6-35,38,40,55,60H,2,5,36-37,39H2,1,3-4H3/b18-14-,41-15+,49-40-,59-35?. The number of nitrogens with zero attached hydrogens (tertiary/aromatic N) is 4. The highest BCUT2D eigenvalue weighted by atomic mass is 15.2. The molecule has 2 aliphatic carbocycles. The van der Waals surface area contributed by atoms with Crippen molar-refractivity contribution in [1.29, 1.82) is 0 Å². The molecule has 1 aromatic heterocycles. The first kappa shape index (κ1) is 39.7. The Kier molecular flexibility index (Phi) is 10.6. The van der Waals surface area contributed by atoms with Crippen molar-refractivity contribution in [3.63, 3.8) is 0 Å². The molecule has 0 saturated carbocycles. The quantitative estimate of drug-likeness (QED) is 0.140. The van der Waals surface area contributed by atoms with Crippen LogP contribution in [0.2, 0.25) is 0 Å². The molecule has 3 aliphatic rings. The molecule has 0 spiro atoms. The summed E-state index contributed by atoms with van der Waals surface area (Å²) in [7, 11) is 0. The zero-order chi connectivity index (χ0) is 42.9. The highest BCUT2D eigenvalue weighted by Gasteiger charge is 2.44. The molecule has 5 nitrogen and oxygen atoms in total. The molecule has 2 heterocycles. The van der Waals surface area contributed by atoms with E-state index >= 15 is 0 Å². The second kappa shape index (κ2) is 16.8. The van der Waals surface area contributed by atoms with Gasteiger partial charge in [0.05, 0.1) is 23.3 Å². The maximum atomic E-state index is 4.65. The highest BCUT2D eigenvalue weighted by molar-refractivity contribution is 6.10. The normalized spacial score (nSPS) is 18.0. The number of hydrogen-bond donors (Lipinski definition) is 1. The fourth-order valence-corrected chi connectivity index (χ4v) is 10.00. The van der Waals surface area contributed by atoms with Crippen LogP contribution in [0.4, 0.5) is 22.7 Å². The topological polar surface area (TPSA) is 35.8 Å². The molecule has 0 fully saturated rings. The maximum Gasteiger partial charge on any atom is 0.0574 e. The molecule has 7 aromatic rings. The molecule has 63 heavy (non-hydrogen) atoms. The summed E-state index contributed by atoms with van der Waals surface area (Å²) in [6.07, 6.45) is 19.0. The molecule has 0 radical (unpaired) electrons. The van der Waals surface area contributed by atoms with Crippen molar-refractivity contribution >= 4 is 61.9 Å². The molecule has 0 amide bonds. The van der Waals surface area contributed by atoms with Gasteiger partial charge in [-0.3, -0.25) is 4.99 Å². The van der Waals surface area contributed by atoms with Crippen LogP contribution >= 0.6 is 0 Å². The van der Waals surface area contributed by atoms with Crippen LogP contribution in [0.25, 0.3) is 38.6 Å². The zero-order valence-corrected chi connectivity index (χ0v) is 36.4. The number of anilines is 4. The van der Waals surface area contributed by atoms with E-state index < -0.39 is 0 Å². The number of nitrogens with one attached hydrogen (secondary N) is 1. The number of fused-ring (bicyclic) bond motifs is 6. The van der Waals surface area contributed by atoms with E-state index in [4.69, 9.17) is 0 Å². The van der Waals surface area contributed by atoms with Gasteiger partial charge in [0, 0.05) is 63.9 Å². The molecule has 1 atom stereocenters. The van der Waals surface area contributed by atoms with E-state index in [2.05, 4.69) is 228 Å². The third-order valence-electron chi connectivity index (χ3n) is 13.2. The number of para-hydroxylation sites is 2. The minimum atomic E-state index is 0.0240. The average molecular weight is 820 g/mol. The molecule has 5 heteroatoms. The summed E-state index contributed by atoms with van der Waals surface area (Å²) in [4.78, 5) is 9.46. The van der Waals surface area contributed by atoms with Crippen molar-refractivity contribution in [2.24, 2.45) is 10.9 Å². The monoisotopic (exact) mass is 819 g/mol. The molecule has 10 rings (SSSR count). The summed E-state index contributed by atoms with van der Waals surface area (Å²) in [6.45, 7) is 12.5. The van der Waals surface area contributed by atoms with Crippen LogP contribution in [0, 0.1) is 5.92 Å². The second-order valence-corrected chi connectivity index (χ2v) is 17.2. The smallest absolute Gasteiger partial charge is 0.0574 e. The van der Waals surface area contributed by atoms with Gasteiger partial charge < -0.3 is 19.7 Å². The van der Waals surface area contributed by atoms with E-state index in [-0.39, 0.29) is 5.41 Å². The summed E-state index contributed by atoms with van der Waals surface area (Å²) < 4.78 is 2.35. The molecular formula is C58H53N5. The van der Waals surface area contributed by atoms with E-state index in [0.717, 1.165) is 59.1 Å². The number of rotatable bonds is 10. The van der Waals surface area contributed by atoms with Gasteiger partial charge in [0.15, 0.2) is 0 Å². The predicted octanol–water partition coefficient (Wildman–Crippen LogP) is 14.6. The molecule has 1 N–H and O–H groups in total. The minimum absolute atomic E-state index is 0.0240. The van der Waals surface area contributed by atoms with Gasteiger partial charge in [-0.15, -0.1) is 0 Å². The third-order valence-corrected chi connectivity index (χ3v) is 13.2. The van der Waals surface area contributed by atoms with Gasteiger partial charge in [0.25, 0.3) is 0 Å². The first-order valence-corrected chi connectivity index (χ1v) is 22.3. The lowest BCUT2D eigenvalue weighted by Gasteiger charge is -2.36. The lowest BCUT2D eigenvalue weighted by Crippen LogP contribution is -2.29. The van der Waals surface area contributed by atoms with Gasteiger partial charge in [-0.2, -0.15) is 0 Å². The van der Waals surface area contributed by atoms with Gasteiger partial charge in [-0.25, -0.2) is 0 Å². The summed E-state index contributed by atoms with van der Waals surface area (Å²) >= 11 is 0. The number of hydrogen-bond acceptors (Lipinski definition) is 4. The van der Waals surface area contributed by atoms with Crippen LogP contribution in [0.1, 0.15) is 50.3 Å². The van der Waals surface area contributed by atoms with Crippen LogP contribution in [0.5, 0.6) is 0 Å². The molecule has 1 aliphatic heterocycles. The maximum absolute atomic E-state index is 4.65. The Morgan fingerprint density at radius 1 is 0.794 bits per heavy atom. The minimum Gasteiger partial charge on any atom is -0.360 e. The van der Waals surface area contributed by atoms with Crippen molar-refractivity contribution in [3.05, 3.63) is 223 Å². The lowest BCUT2D eigenvalue weighted by molar-refractivity contribution is 0.406. The van der Waals surface area contributed by atoms with E-state index in [0.29, 0.717) is 12.5 Å². The largest absolute Gasteiger partial charge is 0.360 e. The van der Waals surface area contributed by atoms with Crippen LogP contribution in [-0.4, -0.2) is 23.9 Å². The predicted molar refractivity (Wildman–Crippen MR) is 269 cm³/mol. The Labute approximate surface area is 371 Å². The number of aliphatic imine (C=N–C) groups is 1. The number of benzene rings is 6. The summed E-state index contributed by atoms with van der Waals surface area (Å²) in [6, 6.07) is 53.0. The Morgan fingerprint density at radius 2 is 1.52 bits per heavy atom. The number of allylic oxidation sites excluding steroid dienone is 9. The van der Waals surface area contributed by atoms with E-state index in [9.17, 15) is 0 Å². The van der Waals surface area contributed by atoms with Crippen molar-refractivity contribution < 1.29 is 0 Å². The third kappa shape index (κ3) is 7.34. The van der Waals surface area contributed by atoms with E-state index in [1.54, 1.807) is 0 Å². The zero-order valence-electron chi connectivity index (χ0n) is 36.4. The van der Waals surface area contributed by atoms with Crippen LogP contribution < -0.4 is 15.1 Å². The SMILES string of the molecule is C=C/C(=C\CC)c1ccc(N(C2=CC=C3c4ccccc4C(C)(C)C3C2)c2ccc(N3CCN=C/C=C\C3=C\Nc3ccc4c(c3)c3ccccc3n4-c3ccccc3)cc2)cc1. The van der Waals surface area contributed by atoms with Crippen LogP contribution in [0.15, 0.2) is 211 Å². The lowest BCUT2D eigenvalue weighted by atomic mass is 9.74. The Morgan fingerprint density at radius 3 is 2.32 bits per heavy atom. The summed E-state index contributed by atoms with van der Waals surface area (Å²) in [5.74, 6) is 0.382. The van der Waals surface area contributed by atoms with E-state index in [1.807, 2.05) is 18.4 Å². The molecule has 310 valence electrons. The van der Waals surface area contributed by atoms with Crippen molar-refractivity contribution in [3.8, 4) is 5.69 Å². The highest BCUT2D eigenvalue weighted by Crippen LogP contribution is 2.54. The first-order valence-electron chi connectivity index (χ1n) is 22.3. The van der Waals surface area contributed by atoms with Crippen LogP contribution in [-0.2, 0) is 5.41 Å². The molecule has 6 aromatic carbocycles. The van der Waals surface area contributed by atoms with Gasteiger partial charge in [-0.1, -0.05) is 118 Å². The van der Waals surface area contributed by atoms with Crippen molar-refractivity contribution in [1.82, 2.24) is 4.57 Å². The fourth-order valence-electron chi connectivity index (χ4n) is 10.00. The van der Waals surface area contributed by atoms with E-state index in [1.165, 1.54) is 49.8 Å². The van der Waals surface area contributed by atoms with Gasteiger partial charge in [0.1, 0.15) is 0 Å². The second-order valence-electron chi connectivity index (χ2n) is 17.2. The van der Waals surface area contributed by atoms with Crippen LogP contribution in [0.3, 0.4) is 0 Å². The molecule has 1 unspecified atom stereocenters. The Hall–Kier alpha value is -7.37. The van der Waals surface area contributed by atoms with Gasteiger partial charge >= 0.3 is 0 Å². The van der Waals surface area contributed by atoms with Crippen molar-refractivity contribution in [2.75, 3.05) is 28.2 Å².